The first-order valence-electron chi connectivity index (χ1n) is 7.89. The van der Waals surface area contributed by atoms with Crippen LogP contribution < -0.4 is 10.1 Å². The van der Waals surface area contributed by atoms with Crippen LogP contribution in [0.4, 0.5) is 0 Å². The van der Waals surface area contributed by atoms with Crippen LogP contribution in [0.1, 0.15) is 22.6 Å². The molecule has 0 saturated heterocycles. The second kappa shape index (κ2) is 7.12. The largest absolute Gasteiger partial charge is 0.481 e. The molecular formula is C18H20N4O2. The fraction of sp³-hybridized carbons (Fsp3) is 0.278. The molecule has 1 aromatic carbocycles. The van der Waals surface area contributed by atoms with Gasteiger partial charge < -0.3 is 14.6 Å². The number of carbonyl (C=O) groups is 1. The number of rotatable bonds is 6. The molecule has 0 saturated carbocycles. The number of nitrogens with one attached hydrogen (secondary N) is 1. The molecule has 6 nitrogen and oxygen atoms in total. The van der Waals surface area contributed by atoms with E-state index in [2.05, 4.69) is 25.9 Å². The van der Waals surface area contributed by atoms with E-state index in [1.165, 1.54) is 6.20 Å². The normalized spacial score (nSPS) is 10.8. The standard InChI is InChI=1S/C18H20N4O2/c1-13-21-15-6-3-4-7-16(15)22(13)11-5-10-19-18(23)14-8-9-17(24-2)20-12-14/h3-4,6-9,12H,5,10-11H2,1-2H3,(H,19,23). The smallest absolute Gasteiger partial charge is 0.252 e. The SMILES string of the molecule is COc1ccc(C(=O)NCCCn2c(C)nc3ccccc32)cn1. The quantitative estimate of drug-likeness (QED) is 0.708. The Balaban J connectivity index is 1.54. The molecule has 0 aliphatic rings. The van der Waals surface area contributed by atoms with Crippen molar-refractivity contribution >= 4 is 16.9 Å². The molecule has 2 aromatic heterocycles. The molecule has 0 fully saturated rings. The highest BCUT2D eigenvalue weighted by molar-refractivity contribution is 5.93. The van der Waals surface area contributed by atoms with E-state index in [9.17, 15) is 4.79 Å². The summed E-state index contributed by atoms with van der Waals surface area (Å²) in [7, 11) is 1.55. The number of benzene rings is 1. The van der Waals surface area contributed by atoms with Gasteiger partial charge in [-0.05, 0) is 31.5 Å². The summed E-state index contributed by atoms with van der Waals surface area (Å²) in [6.45, 7) is 3.41. The monoisotopic (exact) mass is 324 g/mol. The lowest BCUT2D eigenvalue weighted by Gasteiger charge is -2.08. The Morgan fingerprint density at radius 2 is 2.08 bits per heavy atom. The van der Waals surface area contributed by atoms with Gasteiger partial charge in [-0.25, -0.2) is 9.97 Å². The van der Waals surface area contributed by atoms with Crippen LogP contribution >= 0.6 is 0 Å². The maximum absolute atomic E-state index is 12.1. The number of amides is 1. The Kier molecular flexibility index (Phi) is 4.74. The van der Waals surface area contributed by atoms with E-state index in [4.69, 9.17) is 4.74 Å². The van der Waals surface area contributed by atoms with Crippen LogP contribution in [0.25, 0.3) is 11.0 Å². The lowest BCUT2D eigenvalue weighted by Crippen LogP contribution is -2.25. The van der Waals surface area contributed by atoms with E-state index in [0.717, 1.165) is 29.8 Å². The third-order valence-electron chi connectivity index (χ3n) is 3.90. The Bertz CT molecular complexity index is 840. The van der Waals surface area contributed by atoms with Crippen molar-refractivity contribution < 1.29 is 9.53 Å². The van der Waals surface area contributed by atoms with Crippen molar-refractivity contribution in [1.82, 2.24) is 19.9 Å². The van der Waals surface area contributed by atoms with E-state index < -0.39 is 0 Å². The molecule has 0 aliphatic carbocycles. The number of fused-ring (bicyclic) bond motifs is 1. The number of hydrogen-bond donors (Lipinski definition) is 1. The fourth-order valence-corrected chi connectivity index (χ4v) is 2.65. The third kappa shape index (κ3) is 3.37. The van der Waals surface area contributed by atoms with Crippen molar-refractivity contribution in [3.8, 4) is 5.88 Å². The molecule has 0 radical (unpaired) electrons. The van der Waals surface area contributed by atoms with Crippen molar-refractivity contribution in [3.63, 3.8) is 0 Å². The van der Waals surface area contributed by atoms with Crippen molar-refractivity contribution in [2.45, 2.75) is 19.9 Å². The Labute approximate surface area is 140 Å². The van der Waals surface area contributed by atoms with Gasteiger partial charge in [-0.1, -0.05) is 12.1 Å². The van der Waals surface area contributed by atoms with Crippen molar-refractivity contribution in [3.05, 3.63) is 54.0 Å². The molecule has 3 rings (SSSR count). The van der Waals surface area contributed by atoms with Crippen LogP contribution in [0.15, 0.2) is 42.6 Å². The van der Waals surface area contributed by atoms with Crippen LogP contribution in [0.5, 0.6) is 5.88 Å². The predicted molar refractivity (Wildman–Crippen MR) is 92.2 cm³/mol. The topological polar surface area (TPSA) is 69.0 Å². The Hall–Kier alpha value is -2.89. The van der Waals surface area contributed by atoms with Crippen LogP contribution in [0.2, 0.25) is 0 Å². The molecule has 0 aliphatic heterocycles. The van der Waals surface area contributed by atoms with Gasteiger partial charge in [-0.15, -0.1) is 0 Å². The number of methoxy groups -OCH3 is 1. The number of imidazole rings is 1. The lowest BCUT2D eigenvalue weighted by molar-refractivity contribution is 0.0952. The maximum atomic E-state index is 12.1. The summed E-state index contributed by atoms with van der Waals surface area (Å²) in [5.41, 5.74) is 2.66. The number of aromatic nitrogens is 3. The molecule has 0 bridgehead atoms. The molecule has 0 unspecified atom stereocenters. The Morgan fingerprint density at radius 1 is 1.25 bits per heavy atom. The lowest BCUT2D eigenvalue weighted by atomic mass is 10.2. The first-order chi connectivity index (χ1) is 11.7. The third-order valence-corrected chi connectivity index (χ3v) is 3.90. The first kappa shape index (κ1) is 16.0. The Morgan fingerprint density at radius 3 is 2.83 bits per heavy atom. The molecule has 0 spiro atoms. The number of aryl methyl sites for hydroxylation is 2. The molecule has 2 heterocycles. The van der Waals surface area contributed by atoms with E-state index in [-0.39, 0.29) is 5.91 Å². The van der Waals surface area contributed by atoms with E-state index >= 15 is 0 Å². The summed E-state index contributed by atoms with van der Waals surface area (Å²) in [6, 6.07) is 11.5. The predicted octanol–water partition coefficient (Wildman–Crippen LogP) is 2.57. The minimum Gasteiger partial charge on any atom is -0.481 e. The summed E-state index contributed by atoms with van der Waals surface area (Å²) in [6.07, 6.45) is 2.35. The molecule has 24 heavy (non-hydrogen) atoms. The minimum absolute atomic E-state index is 0.127. The van der Waals surface area contributed by atoms with Gasteiger partial charge >= 0.3 is 0 Å². The van der Waals surface area contributed by atoms with E-state index in [0.29, 0.717) is 18.0 Å². The number of para-hydroxylation sites is 2. The number of carbonyl (C=O) groups excluding carboxylic acids is 1. The maximum Gasteiger partial charge on any atom is 0.252 e. The number of ether oxygens (including phenoxy) is 1. The van der Waals surface area contributed by atoms with Gasteiger partial charge in [0.1, 0.15) is 5.82 Å². The highest BCUT2D eigenvalue weighted by Gasteiger charge is 2.08. The first-order valence-corrected chi connectivity index (χ1v) is 7.89. The molecule has 1 N–H and O–H groups in total. The van der Waals surface area contributed by atoms with Crippen molar-refractivity contribution in [2.75, 3.05) is 13.7 Å². The van der Waals surface area contributed by atoms with Gasteiger partial charge in [0.05, 0.1) is 23.7 Å². The van der Waals surface area contributed by atoms with Crippen molar-refractivity contribution in [2.24, 2.45) is 0 Å². The van der Waals surface area contributed by atoms with Crippen LogP contribution in [0.3, 0.4) is 0 Å². The summed E-state index contributed by atoms with van der Waals surface area (Å²) in [4.78, 5) is 20.7. The molecular weight excluding hydrogens is 304 g/mol. The fourth-order valence-electron chi connectivity index (χ4n) is 2.65. The van der Waals surface area contributed by atoms with Crippen LogP contribution in [-0.4, -0.2) is 34.1 Å². The molecule has 6 heteroatoms. The molecule has 124 valence electrons. The van der Waals surface area contributed by atoms with E-state index in [1.807, 2.05) is 25.1 Å². The van der Waals surface area contributed by atoms with E-state index in [1.54, 1.807) is 19.2 Å². The van der Waals surface area contributed by atoms with Crippen molar-refractivity contribution in [1.29, 1.82) is 0 Å². The van der Waals surface area contributed by atoms with Gasteiger partial charge in [-0.2, -0.15) is 0 Å². The van der Waals surface area contributed by atoms with Crippen LogP contribution in [-0.2, 0) is 6.54 Å². The highest BCUT2D eigenvalue weighted by atomic mass is 16.5. The highest BCUT2D eigenvalue weighted by Crippen LogP contribution is 2.15. The summed E-state index contributed by atoms with van der Waals surface area (Å²) in [5.74, 6) is 1.35. The van der Waals surface area contributed by atoms with Gasteiger partial charge in [0.25, 0.3) is 5.91 Å². The van der Waals surface area contributed by atoms with Gasteiger partial charge in [0.2, 0.25) is 5.88 Å². The minimum atomic E-state index is -0.127. The zero-order chi connectivity index (χ0) is 16.9. The van der Waals surface area contributed by atoms with Gasteiger partial charge in [-0.3, -0.25) is 4.79 Å². The van der Waals surface area contributed by atoms with Crippen LogP contribution in [0, 0.1) is 6.92 Å². The second-order valence-corrected chi connectivity index (χ2v) is 5.50. The van der Waals surface area contributed by atoms with Gasteiger partial charge in [0.15, 0.2) is 0 Å². The summed E-state index contributed by atoms with van der Waals surface area (Å²) < 4.78 is 7.16. The number of pyridine rings is 1. The molecule has 0 atom stereocenters. The number of nitrogens with zero attached hydrogens (tertiary/aromatic N) is 3. The number of hydrogen-bond acceptors (Lipinski definition) is 4. The molecule has 3 aromatic rings. The second-order valence-electron chi connectivity index (χ2n) is 5.50. The van der Waals surface area contributed by atoms with Gasteiger partial charge in [0, 0.05) is 25.4 Å². The zero-order valence-corrected chi connectivity index (χ0v) is 13.8. The summed E-state index contributed by atoms with van der Waals surface area (Å²) in [5, 5.41) is 2.91. The summed E-state index contributed by atoms with van der Waals surface area (Å²) >= 11 is 0. The average molecular weight is 324 g/mol. The molecule has 1 amide bonds. The average Bonchev–Trinajstić information content (AvgIpc) is 2.94. The zero-order valence-electron chi connectivity index (χ0n) is 13.8.